The highest BCUT2D eigenvalue weighted by atomic mass is 32.1. The molecular formula is C21H18F3N7OS. The summed E-state index contributed by atoms with van der Waals surface area (Å²) in [5.74, 6) is -0.150. The number of fused-ring (bicyclic) bond motifs is 1. The minimum atomic E-state index is -4.46. The van der Waals surface area contributed by atoms with Gasteiger partial charge < -0.3 is 11.1 Å². The summed E-state index contributed by atoms with van der Waals surface area (Å²) in [5.41, 5.74) is 6.63. The third-order valence-corrected chi connectivity index (χ3v) is 6.17. The zero-order valence-corrected chi connectivity index (χ0v) is 18.1. The van der Waals surface area contributed by atoms with Gasteiger partial charge in [-0.2, -0.15) is 28.6 Å². The minimum absolute atomic E-state index is 0.145. The third kappa shape index (κ3) is 4.40. The van der Waals surface area contributed by atoms with Gasteiger partial charge in [-0.05, 0) is 44.0 Å². The van der Waals surface area contributed by atoms with Crippen molar-refractivity contribution in [2.24, 2.45) is 0 Å². The van der Waals surface area contributed by atoms with E-state index in [-0.39, 0.29) is 17.4 Å². The fourth-order valence-corrected chi connectivity index (χ4v) is 4.50. The molecule has 1 amide bonds. The number of amides is 1. The monoisotopic (exact) mass is 473 g/mol. The van der Waals surface area contributed by atoms with Gasteiger partial charge in [0.05, 0.1) is 27.5 Å². The summed E-state index contributed by atoms with van der Waals surface area (Å²) in [6.07, 6.45) is -3.42. The molecule has 0 atom stereocenters. The van der Waals surface area contributed by atoms with E-state index in [1.54, 1.807) is 13.0 Å². The minimum Gasteiger partial charge on any atom is -0.381 e. The molecule has 0 spiro atoms. The van der Waals surface area contributed by atoms with Gasteiger partial charge in [0, 0.05) is 11.9 Å². The van der Waals surface area contributed by atoms with Gasteiger partial charge in [-0.15, -0.1) is 11.3 Å². The molecule has 12 heteroatoms. The molecule has 0 fully saturated rings. The SMILES string of the molecule is Cc1nn(-c2cccc(C(F)(F)F)c2)c2sc(C(=O)NCCCc3[nH]nc(N)c3C#N)cc12. The van der Waals surface area contributed by atoms with Crippen molar-refractivity contribution in [3.05, 3.63) is 57.7 Å². The van der Waals surface area contributed by atoms with Crippen LogP contribution in [-0.4, -0.2) is 32.4 Å². The first kappa shape index (κ1) is 22.3. The lowest BCUT2D eigenvalue weighted by molar-refractivity contribution is -0.137. The van der Waals surface area contributed by atoms with Crippen LogP contribution in [0.3, 0.4) is 0 Å². The molecule has 170 valence electrons. The van der Waals surface area contributed by atoms with Crippen molar-refractivity contribution in [1.82, 2.24) is 25.3 Å². The Kier molecular flexibility index (Phi) is 5.82. The lowest BCUT2D eigenvalue weighted by Crippen LogP contribution is -2.24. The summed E-state index contributed by atoms with van der Waals surface area (Å²) in [5, 5.41) is 23.5. The fourth-order valence-electron chi connectivity index (χ4n) is 3.40. The van der Waals surface area contributed by atoms with Crippen molar-refractivity contribution in [2.45, 2.75) is 25.9 Å². The number of aryl methyl sites for hydroxylation is 2. The Morgan fingerprint density at radius 3 is 2.88 bits per heavy atom. The highest BCUT2D eigenvalue weighted by Gasteiger charge is 2.31. The summed E-state index contributed by atoms with van der Waals surface area (Å²) >= 11 is 1.16. The van der Waals surface area contributed by atoms with Gasteiger partial charge in [-0.25, -0.2) is 4.68 Å². The molecule has 3 aromatic heterocycles. The molecule has 0 saturated heterocycles. The van der Waals surface area contributed by atoms with E-state index in [2.05, 4.69) is 20.6 Å². The molecule has 0 aliphatic heterocycles. The molecule has 4 aromatic rings. The number of nitriles is 1. The number of H-pyrrole nitrogens is 1. The van der Waals surface area contributed by atoms with Crippen LogP contribution in [0.5, 0.6) is 0 Å². The smallest absolute Gasteiger partial charge is 0.381 e. The normalized spacial score (nSPS) is 11.6. The molecule has 0 aliphatic carbocycles. The van der Waals surface area contributed by atoms with Gasteiger partial charge in [-0.3, -0.25) is 9.89 Å². The van der Waals surface area contributed by atoms with E-state index in [4.69, 9.17) is 11.0 Å². The average molecular weight is 473 g/mol. The van der Waals surface area contributed by atoms with Crippen molar-refractivity contribution in [1.29, 1.82) is 5.26 Å². The Bertz CT molecular complexity index is 1380. The number of hydrogen-bond donors (Lipinski definition) is 3. The summed E-state index contributed by atoms with van der Waals surface area (Å²) < 4.78 is 40.7. The number of hydrogen-bond acceptors (Lipinski definition) is 6. The molecule has 3 heterocycles. The number of aromatic nitrogens is 4. The molecule has 4 N–H and O–H groups in total. The van der Waals surface area contributed by atoms with E-state index in [9.17, 15) is 18.0 Å². The van der Waals surface area contributed by atoms with Crippen molar-refractivity contribution in [2.75, 3.05) is 12.3 Å². The molecule has 0 bridgehead atoms. The Balaban J connectivity index is 1.48. The molecule has 0 saturated carbocycles. The number of nitrogens with zero attached hydrogens (tertiary/aromatic N) is 4. The number of nitrogens with one attached hydrogen (secondary N) is 2. The number of anilines is 1. The van der Waals surface area contributed by atoms with Gasteiger partial charge in [0.15, 0.2) is 5.82 Å². The summed E-state index contributed by atoms with van der Waals surface area (Å²) in [6.45, 7) is 2.10. The van der Waals surface area contributed by atoms with Crippen LogP contribution in [0.15, 0.2) is 30.3 Å². The summed E-state index contributed by atoms with van der Waals surface area (Å²) in [7, 11) is 0. The van der Waals surface area contributed by atoms with Gasteiger partial charge in [0.1, 0.15) is 16.5 Å². The predicted octanol–water partition coefficient (Wildman–Crippen LogP) is 3.95. The first-order valence-corrected chi connectivity index (χ1v) is 10.7. The van der Waals surface area contributed by atoms with E-state index in [0.29, 0.717) is 51.4 Å². The number of carbonyl (C=O) groups is 1. The van der Waals surface area contributed by atoms with Crippen LogP contribution in [-0.2, 0) is 12.6 Å². The number of nitrogen functional groups attached to an aromatic ring is 1. The standard InChI is InChI=1S/C21H18F3N7OS/c1-11-14-9-17(19(32)27-7-3-6-16-15(10-25)18(26)29-28-16)33-20(14)31(30-11)13-5-2-4-12(8-13)21(22,23)24/h2,4-5,8-9H,3,6-7H2,1H3,(H,27,32)(H3,26,28,29). The fraction of sp³-hybridized carbons (Fsp3) is 0.238. The lowest BCUT2D eigenvalue weighted by Gasteiger charge is -2.09. The number of aromatic amines is 1. The van der Waals surface area contributed by atoms with Crippen LogP contribution in [0.25, 0.3) is 15.9 Å². The molecule has 1 aromatic carbocycles. The lowest BCUT2D eigenvalue weighted by atomic mass is 10.1. The number of rotatable bonds is 6. The van der Waals surface area contributed by atoms with Gasteiger partial charge in [0.25, 0.3) is 5.91 Å². The first-order chi connectivity index (χ1) is 15.7. The topological polar surface area (TPSA) is 125 Å². The van der Waals surface area contributed by atoms with Crippen molar-refractivity contribution in [3.63, 3.8) is 0 Å². The number of nitrogens with two attached hydrogens (primary N) is 1. The third-order valence-electron chi connectivity index (χ3n) is 5.06. The number of alkyl halides is 3. The van der Waals surface area contributed by atoms with Crippen LogP contribution in [0.1, 0.15) is 38.6 Å². The zero-order chi connectivity index (χ0) is 23.8. The highest BCUT2D eigenvalue weighted by Crippen LogP contribution is 2.33. The number of thiophene rings is 1. The van der Waals surface area contributed by atoms with E-state index >= 15 is 0 Å². The number of benzene rings is 1. The van der Waals surface area contributed by atoms with E-state index in [1.807, 2.05) is 6.07 Å². The van der Waals surface area contributed by atoms with Crippen LogP contribution in [0.2, 0.25) is 0 Å². The molecule has 4 rings (SSSR count). The maximum Gasteiger partial charge on any atom is 0.416 e. The largest absolute Gasteiger partial charge is 0.416 e. The van der Waals surface area contributed by atoms with Crippen molar-refractivity contribution < 1.29 is 18.0 Å². The Hall–Kier alpha value is -3.85. The maximum absolute atomic E-state index is 13.1. The van der Waals surface area contributed by atoms with Crippen molar-refractivity contribution in [3.8, 4) is 11.8 Å². The van der Waals surface area contributed by atoms with Gasteiger partial charge in [0.2, 0.25) is 0 Å². The van der Waals surface area contributed by atoms with E-state index in [1.165, 1.54) is 16.8 Å². The second-order valence-electron chi connectivity index (χ2n) is 7.31. The second kappa shape index (κ2) is 8.59. The first-order valence-electron chi connectivity index (χ1n) is 9.87. The number of halogens is 3. The molecule has 0 aliphatic rings. The summed E-state index contributed by atoms with van der Waals surface area (Å²) in [6, 6.07) is 8.58. The molecule has 0 unspecified atom stereocenters. The molecule has 0 radical (unpaired) electrons. The van der Waals surface area contributed by atoms with Crippen LogP contribution >= 0.6 is 11.3 Å². The van der Waals surface area contributed by atoms with Gasteiger partial charge >= 0.3 is 6.18 Å². The quantitative estimate of drug-likeness (QED) is 0.366. The van der Waals surface area contributed by atoms with Crippen molar-refractivity contribution >= 4 is 33.3 Å². The van der Waals surface area contributed by atoms with Gasteiger partial charge in [-0.1, -0.05) is 6.07 Å². The Labute approximate surface area is 189 Å². The predicted molar refractivity (Wildman–Crippen MR) is 117 cm³/mol. The van der Waals surface area contributed by atoms with Crippen LogP contribution in [0, 0.1) is 18.3 Å². The summed E-state index contributed by atoms with van der Waals surface area (Å²) in [4.78, 5) is 13.6. The van der Waals surface area contributed by atoms with Crippen LogP contribution in [0.4, 0.5) is 19.0 Å². The molecular weight excluding hydrogens is 455 g/mol. The maximum atomic E-state index is 13.1. The number of carbonyl (C=O) groups excluding carboxylic acids is 1. The van der Waals surface area contributed by atoms with E-state index in [0.717, 1.165) is 23.5 Å². The Morgan fingerprint density at radius 1 is 1.36 bits per heavy atom. The zero-order valence-electron chi connectivity index (χ0n) is 17.3. The average Bonchev–Trinajstić information content (AvgIpc) is 3.45. The molecule has 8 nitrogen and oxygen atoms in total. The molecule has 33 heavy (non-hydrogen) atoms. The Morgan fingerprint density at radius 2 is 2.15 bits per heavy atom. The van der Waals surface area contributed by atoms with Crippen LogP contribution < -0.4 is 11.1 Å². The second-order valence-corrected chi connectivity index (χ2v) is 8.34. The highest BCUT2D eigenvalue weighted by molar-refractivity contribution is 7.20. The van der Waals surface area contributed by atoms with E-state index < -0.39 is 11.7 Å².